The SMILES string of the molecule is COc1cccc(CNC(=O)[C@H]2CCN(C(=O)OC(C)(C)C)C2)c1. The van der Waals surface area contributed by atoms with Gasteiger partial charge in [-0.3, -0.25) is 4.79 Å². The van der Waals surface area contributed by atoms with Crippen LogP contribution in [0.15, 0.2) is 24.3 Å². The lowest BCUT2D eigenvalue weighted by molar-refractivity contribution is -0.124. The van der Waals surface area contributed by atoms with Gasteiger partial charge in [-0.15, -0.1) is 0 Å². The molecule has 6 heteroatoms. The van der Waals surface area contributed by atoms with E-state index in [2.05, 4.69) is 5.32 Å². The van der Waals surface area contributed by atoms with Gasteiger partial charge in [-0.1, -0.05) is 12.1 Å². The van der Waals surface area contributed by atoms with Crippen LogP contribution in [0.4, 0.5) is 4.79 Å². The first-order valence-corrected chi connectivity index (χ1v) is 8.17. The molecule has 0 unspecified atom stereocenters. The molecule has 1 heterocycles. The zero-order valence-electron chi connectivity index (χ0n) is 14.8. The van der Waals surface area contributed by atoms with Gasteiger partial charge in [-0.05, 0) is 44.9 Å². The van der Waals surface area contributed by atoms with Crippen molar-refractivity contribution < 1.29 is 19.1 Å². The van der Waals surface area contributed by atoms with Crippen LogP contribution in [0.1, 0.15) is 32.8 Å². The van der Waals surface area contributed by atoms with Gasteiger partial charge in [0, 0.05) is 19.6 Å². The summed E-state index contributed by atoms with van der Waals surface area (Å²) in [6.45, 7) is 6.89. The molecule has 132 valence electrons. The Morgan fingerprint density at radius 2 is 2.08 bits per heavy atom. The number of carbonyl (C=O) groups is 2. The molecule has 1 atom stereocenters. The van der Waals surface area contributed by atoms with Crippen LogP contribution < -0.4 is 10.1 Å². The number of amides is 2. The number of benzene rings is 1. The average molecular weight is 334 g/mol. The molecule has 0 radical (unpaired) electrons. The maximum atomic E-state index is 12.3. The van der Waals surface area contributed by atoms with Crippen molar-refractivity contribution >= 4 is 12.0 Å². The Bertz CT molecular complexity index is 595. The summed E-state index contributed by atoms with van der Waals surface area (Å²) in [6.07, 6.45) is 0.300. The third-order valence-corrected chi connectivity index (χ3v) is 3.81. The molecular formula is C18H26N2O4. The second-order valence-electron chi connectivity index (χ2n) is 6.98. The summed E-state index contributed by atoms with van der Waals surface area (Å²) >= 11 is 0. The Morgan fingerprint density at radius 1 is 1.33 bits per heavy atom. The Balaban J connectivity index is 1.82. The number of rotatable bonds is 4. The maximum Gasteiger partial charge on any atom is 0.410 e. The molecule has 0 bridgehead atoms. The Hall–Kier alpha value is -2.24. The van der Waals surface area contributed by atoms with Gasteiger partial charge in [0.1, 0.15) is 11.4 Å². The van der Waals surface area contributed by atoms with Crippen molar-refractivity contribution in [2.24, 2.45) is 5.92 Å². The molecule has 6 nitrogen and oxygen atoms in total. The third kappa shape index (κ3) is 5.15. The highest BCUT2D eigenvalue weighted by atomic mass is 16.6. The van der Waals surface area contributed by atoms with Gasteiger partial charge in [0.2, 0.25) is 5.91 Å². The molecule has 2 rings (SSSR count). The summed E-state index contributed by atoms with van der Waals surface area (Å²) in [5.74, 6) is 0.533. The monoisotopic (exact) mass is 334 g/mol. The van der Waals surface area contributed by atoms with Crippen LogP contribution >= 0.6 is 0 Å². The van der Waals surface area contributed by atoms with Crippen LogP contribution in [0.3, 0.4) is 0 Å². The Labute approximate surface area is 143 Å². The molecule has 1 N–H and O–H groups in total. The molecule has 0 spiro atoms. The lowest BCUT2D eigenvalue weighted by atomic mass is 10.1. The fourth-order valence-electron chi connectivity index (χ4n) is 2.58. The van der Waals surface area contributed by atoms with E-state index in [1.54, 1.807) is 12.0 Å². The molecule has 0 aliphatic carbocycles. The van der Waals surface area contributed by atoms with E-state index in [1.165, 1.54) is 0 Å². The number of likely N-dealkylation sites (tertiary alicyclic amines) is 1. The van der Waals surface area contributed by atoms with Gasteiger partial charge in [-0.25, -0.2) is 4.79 Å². The van der Waals surface area contributed by atoms with Gasteiger partial charge in [0.25, 0.3) is 0 Å². The fraction of sp³-hybridized carbons (Fsp3) is 0.556. The molecular weight excluding hydrogens is 308 g/mol. The van der Waals surface area contributed by atoms with Crippen molar-refractivity contribution in [3.63, 3.8) is 0 Å². The zero-order valence-corrected chi connectivity index (χ0v) is 14.8. The van der Waals surface area contributed by atoms with Gasteiger partial charge in [-0.2, -0.15) is 0 Å². The van der Waals surface area contributed by atoms with Crippen molar-refractivity contribution in [3.05, 3.63) is 29.8 Å². The van der Waals surface area contributed by atoms with Gasteiger partial charge in [0.05, 0.1) is 13.0 Å². The minimum atomic E-state index is -0.524. The fourth-order valence-corrected chi connectivity index (χ4v) is 2.58. The maximum absolute atomic E-state index is 12.3. The quantitative estimate of drug-likeness (QED) is 0.919. The highest BCUT2D eigenvalue weighted by Gasteiger charge is 2.33. The Morgan fingerprint density at radius 3 is 2.75 bits per heavy atom. The van der Waals surface area contributed by atoms with Gasteiger partial charge >= 0.3 is 6.09 Å². The minimum Gasteiger partial charge on any atom is -0.497 e. The van der Waals surface area contributed by atoms with Crippen molar-refractivity contribution in [2.75, 3.05) is 20.2 Å². The number of carbonyl (C=O) groups excluding carboxylic acids is 2. The molecule has 1 aliphatic rings. The van der Waals surface area contributed by atoms with Crippen LogP contribution in [0, 0.1) is 5.92 Å². The second-order valence-corrected chi connectivity index (χ2v) is 6.98. The van der Waals surface area contributed by atoms with E-state index in [4.69, 9.17) is 9.47 Å². The Kier molecular flexibility index (Phi) is 5.70. The zero-order chi connectivity index (χ0) is 17.7. The summed E-state index contributed by atoms with van der Waals surface area (Å²) in [6, 6.07) is 7.58. The number of ether oxygens (including phenoxy) is 2. The summed E-state index contributed by atoms with van der Waals surface area (Å²) < 4.78 is 10.5. The van der Waals surface area contributed by atoms with E-state index >= 15 is 0 Å². The van der Waals surface area contributed by atoms with Crippen LogP contribution in [0.5, 0.6) is 5.75 Å². The van der Waals surface area contributed by atoms with Crippen LogP contribution in [-0.4, -0.2) is 42.7 Å². The molecule has 0 aromatic heterocycles. The van der Waals surface area contributed by atoms with Gasteiger partial charge in [0.15, 0.2) is 0 Å². The molecule has 1 aromatic rings. The van der Waals surface area contributed by atoms with Crippen LogP contribution in [0.2, 0.25) is 0 Å². The molecule has 1 aliphatic heterocycles. The van der Waals surface area contributed by atoms with E-state index < -0.39 is 5.60 Å². The standard InChI is InChI=1S/C18H26N2O4/c1-18(2,3)24-17(22)20-9-8-14(12-20)16(21)19-11-13-6-5-7-15(10-13)23-4/h5-7,10,14H,8-9,11-12H2,1-4H3,(H,19,21)/t14-/m0/s1. The summed E-state index contributed by atoms with van der Waals surface area (Å²) in [7, 11) is 1.61. The van der Waals surface area contributed by atoms with E-state index in [9.17, 15) is 9.59 Å². The van der Waals surface area contributed by atoms with Crippen molar-refractivity contribution in [1.29, 1.82) is 0 Å². The third-order valence-electron chi connectivity index (χ3n) is 3.81. The molecule has 24 heavy (non-hydrogen) atoms. The lowest BCUT2D eigenvalue weighted by Gasteiger charge is -2.24. The molecule has 1 saturated heterocycles. The molecule has 1 fully saturated rings. The largest absolute Gasteiger partial charge is 0.497 e. The lowest BCUT2D eigenvalue weighted by Crippen LogP contribution is -2.37. The first kappa shape index (κ1) is 18.1. The van der Waals surface area contributed by atoms with Crippen LogP contribution in [0.25, 0.3) is 0 Å². The smallest absolute Gasteiger partial charge is 0.410 e. The second kappa shape index (κ2) is 7.55. The number of nitrogens with one attached hydrogen (secondary N) is 1. The number of nitrogens with zero attached hydrogens (tertiary/aromatic N) is 1. The summed E-state index contributed by atoms with van der Waals surface area (Å²) in [5, 5.41) is 2.93. The predicted molar refractivity (Wildman–Crippen MR) is 90.8 cm³/mol. The van der Waals surface area contributed by atoms with Crippen molar-refractivity contribution in [1.82, 2.24) is 10.2 Å². The van der Waals surface area contributed by atoms with Crippen molar-refractivity contribution in [2.45, 2.75) is 39.3 Å². The topological polar surface area (TPSA) is 67.9 Å². The highest BCUT2D eigenvalue weighted by molar-refractivity contribution is 5.80. The first-order chi connectivity index (χ1) is 11.3. The normalized spacial score (nSPS) is 17.5. The van der Waals surface area contributed by atoms with E-state index in [0.717, 1.165) is 11.3 Å². The number of hydrogen-bond acceptors (Lipinski definition) is 4. The molecule has 2 amide bonds. The number of methoxy groups -OCH3 is 1. The van der Waals surface area contributed by atoms with E-state index in [0.29, 0.717) is 26.1 Å². The summed E-state index contributed by atoms with van der Waals surface area (Å²) in [5.41, 5.74) is 0.453. The predicted octanol–water partition coefficient (Wildman–Crippen LogP) is 2.57. The van der Waals surface area contributed by atoms with Gasteiger partial charge < -0.3 is 19.7 Å². The molecule has 1 aromatic carbocycles. The van der Waals surface area contributed by atoms with Crippen LogP contribution in [-0.2, 0) is 16.1 Å². The van der Waals surface area contributed by atoms with Crippen molar-refractivity contribution in [3.8, 4) is 5.75 Å². The minimum absolute atomic E-state index is 0.0381. The van der Waals surface area contributed by atoms with E-state index in [-0.39, 0.29) is 17.9 Å². The number of hydrogen-bond donors (Lipinski definition) is 1. The highest BCUT2D eigenvalue weighted by Crippen LogP contribution is 2.20. The average Bonchev–Trinajstić information content (AvgIpc) is 3.01. The summed E-state index contributed by atoms with van der Waals surface area (Å²) in [4.78, 5) is 25.9. The molecule has 0 saturated carbocycles. The first-order valence-electron chi connectivity index (χ1n) is 8.17. The van der Waals surface area contributed by atoms with E-state index in [1.807, 2.05) is 45.0 Å².